The van der Waals surface area contributed by atoms with E-state index in [2.05, 4.69) is 52.8 Å². The van der Waals surface area contributed by atoms with Gasteiger partial charge in [0.2, 0.25) is 5.91 Å². The molecular formula is C23H32N4OS. The molecule has 0 N–H and O–H groups in total. The third kappa shape index (κ3) is 3.44. The number of thiophene rings is 1. The molecule has 2 aliphatic heterocycles. The fourth-order valence-corrected chi connectivity index (χ4v) is 6.15. The Labute approximate surface area is 177 Å². The summed E-state index contributed by atoms with van der Waals surface area (Å²) < 4.78 is 2.18. The lowest BCUT2D eigenvalue weighted by Gasteiger charge is -2.28. The number of hydrogen-bond acceptors (Lipinski definition) is 4. The van der Waals surface area contributed by atoms with Gasteiger partial charge < -0.3 is 9.47 Å². The van der Waals surface area contributed by atoms with Crippen LogP contribution in [-0.2, 0) is 11.3 Å². The Morgan fingerprint density at radius 3 is 2.83 bits per heavy atom. The summed E-state index contributed by atoms with van der Waals surface area (Å²) in [4.78, 5) is 24.6. The monoisotopic (exact) mass is 412 g/mol. The first-order chi connectivity index (χ1) is 14.0. The molecule has 3 aliphatic rings. The van der Waals surface area contributed by atoms with E-state index in [1.54, 1.807) is 0 Å². The van der Waals surface area contributed by atoms with Crippen LogP contribution >= 0.6 is 11.3 Å². The molecule has 2 aromatic rings. The Balaban J connectivity index is 1.44. The topological polar surface area (TPSA) is 41.4 Å². The summed E-state index contributed by atoms with van der Waals surface area (Å²) in [5.74, 6) is 1.33. The van der Waals surface area contributed by atoms with Crippen LogP contribution in [0, 0.1) is 18.3 Å². The zero-order chi connectivity index (χ0) is 20.2. The van der Waals surface area contributed by atoms with Crippen molar-refractivity contribution in [3.8, 4) is 0 Å². The van der Waals surface area contributed by atoms with E-state index in [-0.39, 0.29) is 11.3 Å². The predicted octanol–water partition coefficient (Wildman–Crippen LogP) is 4.06. The Kier molecular flexibility index (Phi) is 4.82. The second kappa shape index (κ2) is 7.24. The van der Waals surface area contributed by atoms with Crippen LogP contribution in [-0.4, -0.2) is 51.4 Å². The third-order valence-electron chi connectivity index (χ3n) is 7.24. The third-order valence-corrected chi connectivity index (χ3v) is 8.25. The van der Waals surface area contributed by atoms with Crippen LogP contribution in [0.4, 0.5) is 0 Å². The molecule has 4 heterocycles. The largest absolute Gasteiger partial charge is 0.342 e. The predicted molar refractivity (Wildman–Crippen MR) is 116 cm³/mol. The van der Waals surface area contributed by atoms with Crippen LogP contribution < -0.4 is 0 Å². The van der Waals surface area contributed by atoms with Gasteiger partial charge in [0.15, 0.2) is 0 Å². The molecule has 6 heteroatoms. The van der Waals surface area contributed by atoms with Gasteiger partial charge >= 0.3 is 0 Å². The van der Waals surface area contributed by atoms with E-state index in [9.17, 15) is 4.79 Å². The summed E-state index contributed by atoms with van der Waals surface area (Å²) in [6.45, 7) is 11.2. The molecule has 29 heavy (non-hydrogen) atoms. The van der Waals surface area contributed by atoms with E-state index in [1.807, 2.05) is 17.7 Å². The zero-order valence-electron chi connectivity index (χ0n) is 17.8. The molecule has 0 radical (unpaired) electrons. The molecule has 0 unspecified atom stereocenters. The summed E-state index contributed by atoms with van der Waals surface area (Å²) in [5, 5.41) is 2.18. The van der Waals surface area contributed by atoms with Crippen molar-refractivity contribution in [3.05, 3.63) is 40.1 Å². The molecule has 156 valence electrons. The average molecular weight is 413 g/mol. The summed E-state index contributed by atoms with van der Waals surface area (Å²) in [6.07, 6.45) is 7.69. The maximum atomic E-state index is 13.7. The van der Waals surface area contributed by atoms with Gasteiger partial charge in [-0.25, -0.2) is 4.98 Å². The van der Waals surface area contributed by atoms with E-state index in [4.69, 9.17) is 4.98 Å². The second-order valence-corrected chi connectivity index (χ2v) is 10.7. The van der Waals surface area contributed by atoms with Gasteiger partial charge in [-0.3, -0.25) is 9.69 Å². The molecule has 5 rings (SSSR count). The number of carbonyl (C=O) groups is 1. The van der Waals surface area contributed by atoms with Gasteiger partial charge in [-0.15, -0.1) is 11.3 Å². The SMILES string of the molecule is Cc1ccsc1CN1C[C@@H](c2cn(C(C)C)cn2)[C@@]2(CCN(CC3CC3)C2=O)C1. The Hall–Kier alpha value is -1.66. The zero-order valence-corrected chi connectivity index (χ0v) is 18.6. The normalized spacial score (nSPS) is 27.8. The first-order valence-electron chi connectivity index (χ1n) is 11.0. The highest BCUT2D eigenvalue weighted by Crippen LogP contribution is 2.50. The minimum absolute atomic E-state index is 0.194. The molecule has 2 aromatic heterocycles. The van der Waals surface area contributed by atoms with Crippen molar-refractivity contribution in [2.45, 2.75) is 58.5 Å². The van der Waals surface area contributed by atoms with Crippen LogP contribution in [0.2, 0.25) is 0 Å². The molecule has 2 atom stereocenters. The number of rotatable bonds is 6. The Bertz CT molecular complexity index is 898. The smallest absolute Gasteiger partial charge is 0.230 e. The Morgan fingerprint density at radius 2 is 2.17 bits per heavy atom. The lowest BCUT2D eigenvalue weighted by Crippen LogP contribution is -2.40. The summed E-state index contributed by atoms with van der Waals surface area (Å²) in [6, 6.07) is 2.59. The number of hydrogen-bond donors (Lipinski definition) is 0. The highest BCUT2D eigenvalue weighted by molar-refractivity contribution is 7.10. The molecule has 1 aliphatic carbocycles. The molecule has 1 amide bonds. The van der Waals surface area contributed by atoms with Crippen molar-refractivity contribution >= 4 is 17.2 Å². The van der Waals surface area contributed by atoms with Gasteiger partial charge in [0.05, 0.1) is 17.4 Å². The van der Waals surface area contributed by atoms with Gasteiger partial charge in [0.1, 0.15) is 0 Å². The quantitative estimate of drug-likeness (QED) is 0.718. The van der Waals surface area contributed by atoms with Crippen molar-refractivity contribution in [1.29, 1.82) is 0 Å². The van der Waals surface area contributed by atoms with Crippen LogP contribution in [0.15, 0.2) is 24.0 Å². The van der Waals surface area contributed by atoms with Crippen LogP contribution in [0.1, 0.15) is 61.2 Å². The van der Waals surface area contributed by atoms with E-state index in [0.717, 1.165) is 50.8 Å². The van der Waals surface area contributed by atoms with Gasteiger partial charge in [0, 0.05) is 55.8 Å². The standard InChI is InChI=1S/C23H32N4OS/c1-16(2)27-12-20(24-15-27)19-11-25(13-21-17(3)6-9-29-21)14-23(19)7-8-26(22(23)28)10-18-4-5-18/h6,9,12,15-16,18-19H,4-5,7-8,10-11,13-14H2,1-3H3/t19-,23+/m0/s1. The number of aryl methyl sites for hydroxylation is 1. The molecule has 2 saturated heterocycles. The molecule has 0 aromatic carbocycles. The van der Waals surface area contributed by atoms with Crippen LogP contribution in [0.5, 0.6) is 0 Å². The van der Waals surface area contributed by atoms with Gasteiger partial charge in [-0.05, 0) is 63.0 Å². The molecule has 1 spiro atoms. The van der Waals surface area contributed by atoms with Crippen molar-refractivity contribution in [3.63, 3.8) is 0 Å². The highest BCUT2D eigenvalue weighted by atomic mass is 32.1. The first-order valence-corrected chi connectivity index (χ1v) is 11.9. The molecule has 0 bridgehead atoms. The first kappa shape index (κ1) is 19.3. The van der Waals surface area contributed by atoms with Crippen LogP contribution in [0.3, 0.4) is 0 Å². The maximum Gasteiger partial charge on any atom is 0.230 e. The maximum absolute atomic E-state index is 13.7. The van der Waals surface area contributed by atoms with Gasteiger partial charge in [-0.2, -0.15) is 0 Å². The molecule has 1 saturated carbocycles. The van der Waals surface area contributed by atoms with E-state index >= 15 is 0 Å². The number of aromatic nitrogens is 2. The fourth-order valence-electron chi connectivity index (χ4n) is 5.20. The highest BCUT2D eigenvalue weighted by Gasteiger charge is 2.58. The number of nitrogens with zero attached hydrogens (tertiary/aromatic N) is 4. The number of amides is 1. The van der Waals surface area contributed by atoms with Crippen molar-refractivity contribution in [1.82, 2.24) is 19.4 Å². The number of imidazole rings is 1. The molecule has 3 fully saturated rings. The van der Waals surface area contributed by atoms with E-state index in [1.165, 1.54) is 23.3 Å². The Morgan fingerprint density at radius 1 is 1.34 bits per heavy atom. The van der Waals surface area contributed by atoms with Gasteiger partial charge in [0.25, 0.3) is 0 Å². The van der Waals surface area contributed by atoms with Crippen molar-refractivity contribution in [2.75, 3.05) is 26.2 Å². The molecule has 5 nitrogen and oxygen atoms in total. The summed E-state index contributed by atoms with van der Waals surface area (Å²) >= 11 is 1.83. The van der Waals surface area contributed by atoms with Crippen LogP contribution in [0.25, 0.3) is 0 Å². The summed E-state index contributed by atoms with van der Waals surface area (Å²) in [5.41, 5.74) is 2.17. The lowest BCUT2D eigenvalue weighted by molar-refractivity contribution is -0.136. The average Bonchev–Trinajstić information content (AvgIpc) is 3.02. The number of carbonyl (C=O) groups excluding carboxylic acids is 1. The fraction of sp³-hybridized carbons (Fsp3) is 0.652. The minimum Gasteiger partial charge on any atom is -0.342 e. The molecular weight excluding hydrogens is 380 g/mol. The van der Waals surface area contributed by atoms with E-state index < -0.39 is 0 Å². The number of likely N-dealkylation sites (tertiary alicyclic amines) is 2. The summed E-state index contributed by atoms with van der Waals surface area (Å²) in [7, 11) is 0. The van der Waals surface area contributed by atoms with Crippen molar-refractivity contribution < 1.29 is 4.79 Å². The van der Waals surface area contributed by atoms with Crippen molar-refractivity contribution in [2.24, 2.45) is 11.3 Å². The van der Waals surface area contributed by atoms with Gasteiger partial charge in [-0.1, -0.05) is 0 Å². The van der Waals surface area contributed by atoms with E-state index in [0.29, 0.717) is 11.9 Å². The minimum atomic E-state index is -0.295. The second-order valence-electron chi connectivity index (χ2n) is 9.69. The lowest BCUT2D eigenvalue weighted by atomic mass is 9.75.